The highest BCUT2D eigenvalue weighted by Crippen LogP contribution is 2.53. The first-order valence-corrected chi connectivity index (χ1v) is 9.50. The zero-order valence-electron chi connectivity index (χ0n) is 15.4. The van der Waals surface area contributed by atoms with Crippen LogP contribution in [-0.4, -0.2) is 29.6 Å². The van der Waals surface area contributed by atoms with Crippen LogP contribution in [-0.2, 0) is 16.1 Å². The zero-order valence-corrected chi connectivity index (χ0v) is 15.4. The minimum atomic E-state index is -0.334. The lowest BCUT2D eigenvalue weighted by molar-refractivity contribution is -0.157. The molecule has 25 heavy (non-hydrogen) atoms. The molecule has 0 unspecified atom stereocenters. The van der Waals surface area contributed by atoms with Gasteiger partial charge in [-0.05, 0) is 51.2 Å². The van der Waals surface area contributed by atoms with Crippen molar-refractivity contribution in [1.29, 1.82) is 0 Å². The van der Waals surface area contributed by atoms with Crippen molar-refractivity contribution in [3.05, 3.63) is 35.6 Å². The second-order valence-electron chi connectivity index (χ2n) is 7.50. The number of carbonyl (C=O) groups is 1. The Morgan fingerprint density at radius 3 is 2.84 bits per heavy atom. The Kier molecular flexibility index (Phi) is 4.11. The summed E-state index contributed by atoms with van der Waals surface area (Å²) in [6, 6.07) is 8.94. The van der Waals surface area contributed by atoms with Gasteiger partial charge in [0.2, 0.25) is 0 Å². The van der Waals surface area contributed by atoms with E-state index in [0.29, 0.717) is 12.6 Å². The van der Waals surface area contributed by atoms with Crippen LogP contribution in [0.4, 0.5) is 0 Å². The summed E-state index contributed by atoms with van der Waals surface area (Å²) >= 11 is 0. The molecule has 3 atom stereocenters. The number of hydrogen-bond acceptors (Lipinski definition) is 4. The third-order valence-corrected chi connectivity index (χ3v) is 6.46. The number of nitrogens with zero attached hydrogens (tertiary/aromatic N) is 1. The summed E-state index contributed by atoms with van der Waals surface area (Å²) in [5, 5.41) is 1.19. The molecule has 4 nitrogen and oxygen atoms in total. The van der Waals surface area contributed by atoms with E-state index in [1.165, 1.54) is 17.4 Å². The van der Waals surface area contributed by atoms with Gasteiger partial charge in [-0.3, -0.25) is 9.69 Å². The molecule has 0 saturated carbocycles. The van der Waals surface area contributed by atoms with Crippen LogP contribution in [0, 0.1) is 12.3 Å². The standard InChI is InChI=1S/C21H27NO3/c1-4-21(20(23)24-5-2)12-15-10-11-19(21)22(15)13-18-14(3)16-8-6-7-9-17(16)25-18/h6-9,15,19H,4-5,10-13H2,1-3H3/t15-,19+,21+/m0/s1. The first-order chi connectivity index (χ1) is 12.1. The van der Waals surface area contributed by atoms with Gasteiger partial charge in [0.05, 0.1) is 18.6 Å². The number of para-hydroxylation sites is 1. The van der Waals surface area contributed by atoms with Gasteiger partial charge in [0.25, 0.3) is 0 Å². The van der Waals surface area contributed by atoms with E-state index in [0.717, 1.165) is 37.2 Å². The van der Waals surface area contributed by atoms with Crippen LogP contribution in [0.25, 0.3) is 11.0 Å². The molecule has 1 aromatic heterocycles. The molecule has 2 bridgehead atoms. The van der Waals surface area contributed by atoms with E-state index in [1.807, 2.05) is 19.1 Å². The minimum absolute atomic E-state index is 0.00368. The number of rotatable bonds is 5. The number of benzene rings is 1. The van der Waals surface area contributed by atoms with Crippen molar-refractivity contribution < 1.29 is 13.9 Å². The number of carbonyl (C=O) groups excluding carboxylic acids is 1. The van der Waals surface area contributed by atoms with Gasteiger partial charge in [-0.25, -0.2) is 0 Å². The van der Waals surface area contributed by atoms with E-state index in [9.17, 15) is 4.79 Å². The molecule has 2 fully saturated rings. The summed E-state index contributed by atoms with van der Waals surface area (Å²) in [5.74, 6) is 1.03. The maximum absolute atomic E-state index is 12.7. The molecule has 0 aliphatic carbocycles. The van der Waals surface area contributed by atoms with E-state index in [4.69, 9.17) is 9.15 Å². The SMILES string of the molecule is CCOC(=O)[C@]1(CC)C[C@@H]2CC[C@H]1N2Cc1oc2ccccc2c1C. The third-order valence-electron chi connectivity index (χ3n) is 6.46. The topological polar surface area (TPSA) is 42.7 Å². The maximum Gasteiger partial charge on any atom is 0.313 e. The molecule has 4 heteroatoms. The monoisotopic (exact) mass is 341 g/mol. The summed E-state index contributed by atoms with van der Waals surface area (Å²) < 4.78 is 11.6. The Balaban J connectivity index is 1.63. The number of hydrogen-bond donors (Lipinski definition) is 0. The molecule has 0 amide bonds. The highest BCUT2D eigenvalue weighted by atomic mass is 16.5. The average Bonchev–Trinajstić information content (AvgIpc) is 3.26. The molecule has 2 saturated heterocycles. The molecule has 134 valence electrons. The maximum atomic E-state index is 12.7. The predicted molar refractivity (Wildman–Crippen MR) is 97.3 cm³/mol. The van der Waals surface area contributed by atoms with E-state index in [1.54, 1.807) is 0 Å². The van der Waals surface area contributed by atoms with Gasteiger partial charge in [-0.15, -0.1) is 0 Å². The fourth-order valence-corrected chi connectivity index (χ4v) is 5.11. The fraction of sp³-hybridized carbons (Fsp3) is 0.571. The van der Waals surface area contributed by atoms with Gasteiger partial charge >= 0.3 is 5.97 Å². The molecule has 2 aliphatic heterocycles. The number of aryl methyl sites for hydroxylation is 1. The van der Waals surface area contributed by atoms with Crippen molar-refractivity contribution in [3.8, 4) is 0 Å². The summed E-state index contributed by atoms with van der Waals surface area (Å²) in [7, 11) is 0. The Hall–Kier alpha value is -1.81. The van der Waals surface area contributed by atoms with Crippen molar-refractivity contribution >= 4 is 16.9 Å². The molecule has 2 aliphatic rings. The molecule has 1 aromatic carbocycles. The molecule has 0 radical (unpaired) electrons. The molecule has 4 rings (SSSR count). The fourth-order valence-electron chi connectivity index (χ4n) is 5.11. The summed E-state index contributed by atoms with van der Waals surface area (Å²) in [6.45, 7) is 7.40. The quantitative estimate of drug-likeness (QED) is 0.754. The van der Waals surface area contributed by atoms with Gasteiger partial charge in [0.15, 0.2) is 0 Å². The zero-order chi connectivity index (χ0) is 17.6. The Morgan fingerprint density at radius 1 is 1.32 bits per heavy atom. The van der Waals surface area contributed by atoms with Gasteiger partial charge in [0, 0.05) is 17.5 Å². The highest BCUT2D eigenvalue weighted by Gasteiger charge is 2.59. The van der Waals surface area contributed by atoms with Crippen LogP contribution in [0.15, 0.2) is 28.7 Å². The van der Waals surface area contributed by atoms with Crippen molar-refractivity contribution in [3.63, 3.8) is 0 Å². The lowest BCUT2D eigenvalue weighted by Crippen LogP contribution is -2.44. The lowest BCUT2D eigenvalue weighted by Gasteiger charge is -2.34. The molecular weight excluding hydrogens is 314 g/mol. The van der Waals surface area contributed by atoms with Crippen molar-refractivity contribution in [2.45, 2.75) is 65.1 Å². The van der Waals surface area contributed by atoms with Gasteiger partial charge < -0.3 is 9.15 Å². The summed E-state index contributed by atoms with van der Waals surface area (Å²) in [5.41, 5.74) is 1.84. The van der Waals surface area contributed by atoms with Crippen molar-refractivity contribution in [1.82, 2.24) is 4.90 Å². The number of fused-ring (bicyclic) bond motifs is 3. The average molecular weight is 341 g/mol. The third kappa shape index (κ3) is 2.42. The van der Waals surface area contributed by atoms with Crippen LogP contribution >= 0.6 is 0 Å². The number of furan rings is 1. The van der Waals surface area contributed by atoms with Crippen LogP contribution < -0.4 is 0 Å². The Morgan fingerprint density at radius 2 is 2.12 bits per heavy atom. The molecule has 0 N–H and O–H groups in total. The molecule has 0 spiro atoms. The largest absolute Gasteiger partial charge is 0.466 e. The lowest BCUT2D eigenvalue weighted by atomic mass is 9.72. The van der Waals surface area contributed by atoms with Gasteiger partial charge in [-0.1, -0.05) is 25.1 Å². The van der Waals surface area contributed by atoms with Crippen molar-refractivity contribution in [2.24, 2.45) is 5.41 Å². The number of esters is 1. The predicted octanol–water partition coefficient (Wildman–Crippen LogP) is 4.44. The summed E-state index contributed by atoms with van der Waals surface area (Å²) in [4.78, 5) is 15.2. The first-order valence-electron chi connectivity index (χ1n) is 9.50. The van der Waals surface area contributed by atoms with Gasteiger partial charge in [-0.2, -0.15) is 0 Å². The van der Waals surface area contributed by atoms with Gasteiger partial charge in [0.1, 0.15) is 11.3 Å². The first kappa shape index (κ1) is 16.6. The highest BCUT2D eigenvalue weighted by molar-refractivity contribution is 5.82. The molecule has 3 heterocycles. The molecule has 2 aromatic rings. The van der Waals surface area contributed by atoms with Crippen molar-refractivity contribution in [2.75, 3.05) is 6.61 Å². The van der Waals surface area contributed by atoms with E-state index < -0.39 is 0 Å². The molecular formula is C21H27NO3. The normalized spacial score (nSPS) is 28.8. The van der Waals surface area contributed by atoms with Crippen LogP contribution in [0.5, 0.6) is 0 Å². The smallest absolute Gasteiger partial charge is 0.313 e. The van der Waals surface area contributed by atoms with Crippen LogP contribution in [0.2, 0.25) is 0 Å². The second-order valence-corrected chi connectivity index (χ2v) is 7.50. The minimum Gasteiger partial charge on any atom is -0.466 e. The van der Waals surface area contributed by atoms with Crippen LogP contribution in [0.3, 0.4) is 0 Å². The van der Waals surface area contributed by atoms with E-state index >= 15 is 0 Å². The Labute approximate surface area is 149 Å². The Bertz CT molecular complexity index is 796. The number of ether oxygens (including phenoxy) is 1. The second kappa shape index (κ2) is 6.17. The summed E-state index contributed by atoms with van der Waals surface area (Å²) in [6.07, 6.45) is 4.02. The van der Waals surface area contributed by atoms with E-state index in [2.05, 4.69) is 30.9 Å². The van der Waals surface area contributed by atoms with Crippen LogP contribution in [0.1, 0.15) is 50.9 Å². The van der Waals surface area contributed by atoms with E-state index in [-0.39, 0.29) is 17.4 Å².